The van der Waals surface area contributed by atoms with Crippen molar-refractivity contribution in [2.45, 2.75) is 25.2 Å². The molecule has 22 heavy (non-hydrogen) atoms. The minimum absolute atomic E-state index is 0.201. The number of halogens is 1. The van der Waals surface area contributed by atoms with Crippen LogP contribution in [0.15, 0.2) is 29.4 Å². The SMILES string of the molecule is CCn1c(COc2ccc(Cl)cc2)nnc1SCC(=O)OC. The van der Waals surface area contributed by atoms with Gasteiger partial charge in [0, 0.05) is 11.6 Å². The number of methoxy groups -OCH3 is 1. The molecule has 0 bridgehead atoms. The molecule has 1 aromatic heterocycles. The zero-order chi connectivity index (χ0) is 15.9. The average Bonchev–Trinajstić information content (AvgIpc) is 2.94. The third kappa shape index (κ3) is 4.38. The molecule has 0 fully saturated rings. The largest absolute Gasteiger partial charge is 0.486 e. The third-order valence-corrected chi connectivity index (χ3v) is 4.03. The van der Waals surface area contributed by atoms with Crippen molar-refractivity contribution in [2.75, 3.05) is 12.9 Å². The highest BCUT2D eigenvalue weighted by atomic mass is 35.5. The number of carbonyl (C=O) groups is 1. The molecule has 0 radical (unpaired) electrons. The Kier molecular flexibility index (Phi) is 6.09. The van der Waals surface area contributed by atoms with Gasteiger partial charge in [0.15, 0.2) is 11.0 Å². The fourth-order valence-corrected chi connectivity index (χ4v) is 2.69. The van der Waals surface area contributed by atoms with Crippen LogP contribution in [0.1, 0.15) is 12.7 Å². The Morgan fingerprint density at radius 1 is 1.32 bits per heavy atom. The van der Waals surface area contributed by atoms with Crippen molar-refractivity contribution in [2.24, 2.45) is 0 Å². The molecule has 0 atom stereocenters. The minimum Gasteiger partial charge on any atom is -0.486 e. The molecule has 2 aromatic rings. The summed E-state index contributed by atoms with van der Waals surface area (Å²) in [4.78, 5) is 11.2. The van der Waals surface area contributed by atoms with Gasteiger partial charge in [-0.05, 0) is 31.2 Å². The van der Waals surface area contributed by atoms with Gasteiger partial charge in [-0.2, -0.15) is 0 Å². The molecular formula is C14H16ClN3O3S. The quantitative estimate of drug-likeness (QED) is 0.570. The summed E-state index contributed by atoms with van der Waals surface area (Å²) in [6, 6.07) is 7.11. The first-order chi connectivity index (χ1) is 10.6. The van der Waals surface area contributed by atoms with Crippen LogP contribution in [0.2, 0.25) is 5.02 Å². The summed E-state index contributed by atoms with van der Waals surface area (Å²) in [5, 5.41) is 9.53. The van der Waals surface area contributed by atoms with E-state index in [0.29, 0.717) is 34.9 Å². The van der Waals surface area contributed by atoms with Crippen molar-refractivity contribution >= 4 is 29.3 Å². The van der Waals surface area contributed by atoms with Gasteiger partial charge < -0.3 is 14.0 Å². The first-order valence-electron chi connectivity index (χ1n) is 6.64. The summed E-state index contributed by atoms with van der Waals surface area (Å²) in [5.74, 6) is 1.31. The van der Waals surface area contributed by atoms with Gasteiger partial charge in [0.2, 0.25) is 0 Å². The van der Waals surface area contributed by atoms with Gasteiger partial charge >= 0.3 is 5.97 Å². The van der Waals surface area contributed by atoms with Crippen molar-refractivity contribution in [3.63, 3.8) is 0 Å². The van der Waals surface area contributed by atoms with Crippen molar-refractivity contribution in [3.8, 4) is 5.75 Å². The summed E-state index contributed by atoms with van der Waals surface area (Å²) in [5.41, 5.74) is 0. The number of benzene rings is 1. The van der Waals surface area contributed by atoms with Gasteiger partial charge in [-0.1, -0.05) is 23.4 Å². The second-order valence-electron chi connectivity index (χ2n) is 4.25. The van der Waals surface area contributed by atoms with Crippen LogP contribution < -0.4 is 4.74 Å². The van der Waals surface area contributed by atoms with E-state index < -0.39 is 0 Å². The van der Waals surface area contributed by atoms with E-state index in [0.717, 1.165) is 0 Å². The highest BCUT2D eigenvalue weighted by molar-refractivity contribution is 7.99. The van der Waals surface area contributed by atoms with Crippen LogP contribution in [0, 0.1) is 0 Å². The predicted octanol–water partition coefficient (Wildman–Crippen LogP) is 2.80. The highest BCUT2D eigenvalue weighted by Crippen LogP contribution is 2.19. The molecule has 0 saturated carbocycles. The molecule has 0 spiro atoms. The summed E-state index contributed by atoms with van der Waals surface area (Å²) < 4.78 is 12.2. The van der Waals surface area contributed by atoms with Crippen LogP contribution in [0.25, 0.3) is 0 Å². The van der Waals surface area contributed by atoms with Crippen LogP contribution >= 0.6 is 23.4 Å². The van der Waals surface area contributed by atoms with E-state index in [-0.39, 0.29) is 11.7 Å². The highest BCUT2D eigenvalue weighted by Gasteiger charge is 2.13. The maximum atomic E-state index is 11.2. The van der Waals surface area contributed by atoms with E-state index in [1.165, 1.54) is 18.9 Å². The fourth-order valence-electron chi connectivity index (χ4n) is 1.71. The molecule has 0 aliphatic rings. The molecule has 0 N–H and O–H groups in total. The Hall–Kier alpha value is -1.73. The first kappa shape index (κ1) is 16.6. The number of rotatable bonds is 7. The lowest BCUT2D eigenvalue weighted by Gasteiger charge is -2.08. The molecule has 0 amide bonds. The number of nitrogens with zero attached hydrogens (tertiary/aromatic N) is 3. The number of esters is 1. The molecule has 0 unspecified atom stereocenters. The molecule has 0 aliphatic carbocycles. The first-order valence-corrected chi connectivity index (χ1v) is 8.00. The molecule has 118 valence electrons. The zero-order valence-corrected chi connectivity index (χ0v) is 13.9. The Labute approximate surface area is 137 Å². The Morgan fingerprint density at radius 3 is 2.68 bits per heavy atom. The lowest BCUT2D eigenvalue weighted by molar-refractivity contribution is -0.137. The Morgan fingerprint density at radius 2 is 2.05 bits per heavy atom. The fraction of sp³-hybridized carbons (Fsp3) is 0.357. The molecule has 6 nitrogen and oxygen atoms in total. The van der Waals surface area contributed by atoms with Gasteiger partial charge in [0.1, 0.15) is 12.4 Å². The van der Waals surface area contributed by atoms with E-state index in [4.69, 9.17) is 16.3 Å². The van der Waals surface area contributed by atoms with Crippen molar-refractivity contribution < 1.29 is 14.3 Å². The second kappa shape index (κ2) is 8.05. The van der Waals surface area contributed by atoms with Crippen LogP contribution in [0.5, 0.6) is 5.75 Å². The normalized spacial score (nSPS) is 10.5. The van der Waals surface area contributed by atoms with Crippen molar-refractivity contribution in [1.82, 2.24) is 14.8 Å². The minimum atomic E-state index is -0.297. The van der Waals surface area contributed by atoms with Crippen LogP contribution in [-0.4, -0.2) is 33.6 Å². The summed E-state index contributed by atoms with van der Waals surface area (Å²) in [6.07, 6.45) is 0. The van der Waals surface area contributed by atoms with Gasteiger partial charge in [-0.15, -0.1) is 10.2 Å². The van der Waals surface area contributed by atoms with E-state index >= 15 is 0 Å². The molecule has 2 rings (SSSR count). The zero-order valence-electron chi connectivity index (χ0n) is 12.3. The number of carbonyl (C=O) groups excluding carboxylic acids is 1. The van der Waals surface area contributed by atoms with Crippen LogP contribution in [0.3, 0.4) is 0 Å². The molecule has 0 saturated heterocycles. The van der Waals surface area contributed by atoms with Gasteiger partial charge in [-0.3, -0.25) is 4.79 Å². The molecule has 0 aliphatic heterocycles. The number of hydrogen-bond acceptors (Lipinski definition) is 6. The Balaban J connectivity index is 2.00. The maximum Gasteiger partial charge on any atom is 0.316 e. The summed E-state index contributed by atoms with van der Waals surface area (Å²) in [6.45, 7) is 2.97. The van der Waals surface area contributed by atoms with Crippen molar-refractivity contribution in [1.29, 1.82) is 0 Å². The third-order valence-electron chi connectivity index (χ3n) is 2.84. The van der Waals surface area contributed by atoms with E-state index in [1.54, 1.807) is 24.3 Å². The Bertz CT molecular complexity index is 631. The number of ether oxygens (including phenoxy) is 2. The topological polar surface area (TPSA) is 66.2 Å². The lowest BCUT2D eigenvalue weighted by atomic mass is 10.3. The maximum absolute atomic E-state index is 11.2. The number of aromatic nitrogens is 3. The summed E-state index contributed by atoms with van der Waals surface area (Å²) in [7, 11) is 1.36. The smallest absolute Gasteiger partial charge is 0.316 e. The molecule has 8 heteroatoms. The average molecular weight is 342 g/mol. The van der Waals surface area contributed by atoms with E-state index in [1.807, 2.05) is 11.5 Å². The second-order valence-corrected chi connectivity index (χ2v) is 5.63. The number of hydrogen-bond donors (Lipinski definition) is 0. The molecule has 1 aromatic carbocycles. The molecular weight excluding hydrogens is 326 g/mol. The van der Waals surface area contributed by atoms with Gasteiger partial charge in [0.25, 0.3) is 0 Å². The predicted molar refractivity (Wildman–Crippen MR) is 84.2 cm³/mol. The van der Waals surface area contributed by atoms with Crippen molar-refractivity contribution in [3.05, 3.63) is 35.1 Å². The monoisotopic (exact) mass is 341 g/mol. The van der Waals surface area contributed by atoms with E-state index in [2.05, 4.69) is 14.9 Å². The summed E-state index contributed by atoms with van der Waals surface area (Å²) >= 11 is 7.12. The van der Waals surface area contributed by atoms with Crippen LogP contribution in [0.4, 0.5) is 0 Å². The standard InChI is InChI=1S/C14H16ClN3O3S/c1-3-18-12(8-21-11-6-4-10(15)5-7-11)16-17-14(18)22-9-13(19)20-2/h4-7H,3,8-9H2,1-2H3. The van der Waals surface area contributed by atoms with Gasteiger partial charge in [0.05, 0.1) is 12.9 Å². The van der Waals surface area contributed by atoms with Crippen LogP contribution in [-0.2, 0) is 22.7 Å². The number of thioether (sulfide) groups is 1. The van der Waals surface area contributed by atoms with E-state index in [9.17, 15) is 4.79 Å². The molecule has 1 heterocycles. The lowest BCUT2D eigenvalue weighted by Crippen LogP contribution is -2.08. The van der Waals surface area contributed by atoms with Gasteiger partial charge in [-0.25, -0.2) is 0 Å².